The van der Waals surface area contributed by atoms with Crippen molar-refractivity contribution in [2.45, 2.75) is 13.8 Å². The molecule has 0 fully saturated rings. The molecule has 0 spiro atoms. The number of aromatic hydroxyl groups is 1. The van der Waals surface area contributed by atoms with Crippen LogP contribution in [0, 0.1) is 12.7 Å². The molecule has 6 heteroatoms. The van der Waals surface area contributed by atoms with Crippen LogP contribution in [0.1, 0.15) is 12.5 Å². The van der Waals surface area contributed by atoms with Crippen LogP contribution in [-0.2, 0) is 0 Å². The molecule has 1 aromatic carbocycles. The first-order valence-electron chi connectivity index (χ1n) is 6.59. The zero-order valence-corrected chi connectivity index (χ0v) is 12.2. The molecule has 0 unspecified atom stereocenters. The Bertz CT molecular complexity index is 647. The lowest BCUT2D eigenvalue weighted by Gasteiger charge is -2.13. The second-order valence-corrected chi connectivity index (χ2v) is 4.56. The largest absolute Gasteiger partial charge is 0.508 e. The monoisotopic (exact) mass is 291 g/mol. The predicted molar refractivity (Wildman–Crippen MR) is 81.0 cm³/mol. The molecule has 1 aromatic heterocycles. The van der Waals surface area contributed by atoms with Crippen molar-refractivity contribution >= 4 is 17.3 Å². The van der Waals surface area contributed by atoms with Crippen LogP contribution in [0.2, 0.25) is 0 Å². The molecule has 112 valence electrons. The van der Waals surface area contributed by atoms with Crippen molar-refractivity contribution in [2.75, 3.05) is 24.3 Å². The number of benzene rings is 1. The molecule has 2 aromatic rings. The maximum atomic E-state index is 13.7. The van der Waals surface area contributed by atoms with Gasteiger partial charge >= 0.3 is 0 Å². The average Bonchev–Trinajstić information content (AvgIpc) is 2.43. The number of aromatic nitrogens is 1. The zero-order valence-electron chi connectivity index (χ0n) is 12.2. The molecule has 1 heterocycles. The number of pyridine rings is 1. The van der Waals surface area contributed by atoms with Gasteiger partial charge in [-0.2, -0.15) is 0 Å². The Labute approximate surface area is 122 Å². The Morgan fingerprint density at radius 2 is 2.00 bits per heavy atom. The number of methoxy groups -OCH3 is 1. The summed E-state index contributed by atoms with van der Waals surface area (Å²) in [5.74, 6) is 0.902. The SMILES string of the molecule is CCNc1nc(Nc2cc(O)cc(OC)c2)c(C)cc1F. The lowest BCUT2D eigenvalue weighted by Crippen LogP contribution is -2.06. The Morgan fingerprint density at radius 1 is 1.24 bits per heavy atom. The molecule has 5 nitrogen and oxygen atoms in total. The van der Waals surface area contributed by atoms with Crippen molar-refractivity contribution in [1.82, 2.24) is 4.98 Å². The van der Waals surface area contributed by atoms with E-state index in [0.29, 0.717) is 29.4 Å². The molecule has 0 saturated carbocycles. The molecule has 21 heavy (non-hydrogen) atoms. The van der Waals surface area contributed by atoms with Crippen molar-refractivity contribution in [3.8, 4) is 11.5 Å². The summed E-state index contributed by atoms with van der Waals surface area (Å²) in [6.45, 7) is 4.20. The fourth-order valence-corrected chi connectivity index (χ4v) is 1.91. The van der Waals surface area contributed by atoms with E-state index >= 15 is 0 Å². The third kappa shape index (κ3) is 3.53. The number of ether oxygens (including phenoxy) is 1. The minimum atomic E-state index is -0.395. The molecule has 0 aliphatic carbocycles. The van der Waals surface area contributed by atoms with Crippen LogP contribution in [-0.4, -0.2) is 23.7 Å². The molecule has 0 saturated heterocycles. The van der Waals surface area contributed by atoms with Gasteiger partial charge in [0.05, 0.1) is 7.11 Å². The number of phenolic OH excluding ortho intramolecular Hbond substituents is 1. The van der Waals surface area contributed by atoms with E-state index < -0.39 is 5.82 Å². The van der Waals surface area contributed by atoms with Gasteiger partial charge in [0.25, 0.3) is 0 Å². The van der Waals surface area contributed by atoms with Crippen LogP contribution in [0.25, 0.3) is 0 Å². The summed E-state index contributed by atoms with van der Waals surface area (Å²) in [5, 5.41) is 15.6. The van der Waals surface area contributed by atoms with E-state index in [1.54, 1.807) is 19.1 Å². The molecule has 0 radical (unpaired) electrons. The summed E-state index contributed by atoms with van der Waals surface area (Å²) in [6, 6.07) is 6.17. The molecular weight excluding hydrogens is 273 g/mol. The van der Waals surface area contributed by atoms with Gasteiger partial charge in [-0.25, -0.2) is 9.37 Å². The second-order valence-electron chi connectivity index (χ2n) is 4.56. The standard InChI is InChI=1S/C15H18FN3O2/c1-4-17-15-13(16)5-9(2)14(19-15)18-10-6-11(20)8-12(7-10)21-3/h5-8,20H,4H2,1-3H3,(H2,17,18,19). The van der Waals surface area contributed by atoms with E-state index in [1.807, 2.05) is 6.92 Å². The minimum Gasteiger partial charge on any atom is -0.508 e. The lowest BCUT2D eigenvalue weighted by atomic mass is 10.2. The first kappa shape index (κ1) is 14.9. The van der Waals surface area contributed by atoms with Gasteiger partial charge in [0, 0.05) is 30.4 Å². The van der Waals surface area contributed by atoms with Gasteiger partial charge in [-0.3, -0.25) is 0 Å². The van der Waals surface area contributed by atoms with E-state index in [1.165, 1.54) is 19.2 Å². The number of anilines is 3. The molecule has 0 aliphatic heterocycles. The average molecular weight is 291 g/mol. The summed E-state index contributed by atoms with van der Waals surface area (Å²) in [7, 11) is 1.52. The molecule has 0 amide bonds. The van der Waals surface area contributed by atoms with Gasteiger partial charge in [0.1, 0.15) is 17.3 Å². The molecule has 0 atom stereocenters. The number of aryl methyl sites for hydroxylation is 1. The normalized spacial score (nSPS) is 10.3. The van der Waals surface area contributed by atoms with Crippen LogP contribution in [0.5, 0.6) is 11.5 Å². The molecular formula is C15H18FN3O2. The van der Waals surface area contributed by atoms with Crippen molar-refractivity contribution < 1.29 is 14.2 Å². The number of nitrogens with one attached hydrogen (secondary N) is 2. The first-order valence-corrected chi connectivity index (χ1v) is 6.59. The Balaban J connectivity index is 2.34. The molecule has 3 N–H and O–H groups in total. The molecule has 0 bridgehead atoms. The smallest absolute Gasteiger partial charge is 0.165 e. The fraction of sp³-hybridized carbons (Fsp3) is 0.267. The highest BCUT2D eigenvalue weighted by atomic mass is 19.1. The summed E-state index contributed by atoms with van der Waals surface area (Å²) in [5.41, 5.74) is 1.27. The number of hydrogen-bond donors (Lipinski definition) is 3. The summed E-state index contributed by atoms with van der Waals surface area (Å²) >= 11 is 0. The fourth-order valence-electron chi connectivity index (χ4n) is 1.91. The van der Waals surface area contributed by atoms with Crippen molar-refractivity contribution in [3.05, 3.63) is 35.6 Å². The van der Waals surface area contributed by atoms with Crippen LogP contribution in [0.15, 0.2) is 24.3 Å². The topological polar surface area (TPSA) is 66.4 Å². The van der Waals surface area contributed by atoms with Crippen LogP contribution in [0.3, 0.4) is 0 Å². The van der Waals surface area contributed by atoms with Crippen LogP contribution >= 0.6 is 0 Å². The maximum absolute atomic E-state index is 13.7. The van der Waals surface area contributed by atoms with E-state index in [0.717, 1.165) is 0 Å². The van der Waals surface area contributed by atoms with E-state index in [9.17, 15) is 9.50 Å². The lowest BCUT2D eigenvalue weighted by molar-refractivity contribution is 0.408. The number of rotatable bonds is 5. The third-order valence-electron chi connectivity index (χ3n) is 2.90. The summed E-state index contributed by atoms with van der Waals surface area (Å²) in [4.78, 5) is 4.22. The Morgan fingerprint density at radius 3 is 2.67 bits per heavy atom. The second kappa shape index (κ2) is 6.30. The van der Waals surface area contributed by atoms with Gasteiger partial charge in [0.15, 0.2) is 11.6 Å². The zero-order chi connectivity index (χ0) is 15.4. The highest BCUT2D eigenvalue weighted by Gasteiger charge is 2.10. The van der Waals surface area contributed by atoms with Crippen molar-refractivity contribution in [3.63, 3.8) is 0 Å². The number of hydrogen-bond acceptors (Lipinski definition) is 5. The molecule has 0 aliphatic rings. The van der Waals surface area contributed by atoms with Crippen LogP contribution < -0.4 is 15.4 Å². The first-order chi connectivity index (χ1) is 10.0. The number of halogens is 1. The van der Waals surface area contributed by atoms with Crippen molar-refractivity contribution in [1.29, 1.82) is 0 Å². The number of phenols is 1. The number of nitrogens with zero attached hydrogens (tertiary/aromatic N) is 1. The van der Waals surface area contributed by atoms with Gasteiger partial charge in [-0.15, -0.1) is 0 Å². The Hall–Kier alpha value is -2.50. The quantitative estimate of drug-likeness (QED) is 0.787. The van der Waals surface area contributed by atoms with E-state index in [4.69, 9.17) is 4.74 Å². The Kier molecular flexibility index (Phi) is 4.47. The minimum absolute atomic E-state index is 0.0727. The highest BCUT2D eigenvalue weighted by Crippen LogP contribution is 2.28. The highest BCUT2D eigenvalue weighted by molar-refractivity contribution is 5.64. The predicted octanol–water partition coefficient (Wildman–Crippen LogP) is 3.42. The van der Waals surface area contributed by atoms with E-state index in [2.05, 4.69) is 15.6 Å². The van der Waals surface area contributed by atoms with Gasteiger partial charge in [0.2, 0.25) is 0 Å². The molecule has 2 rings (SSSR count). The summed E-state index contributed by atoms with van der Waals surface area (Å²) in [6.07, 6.45) is 0. The summed E-state index contributed by atoms with van der Waals surface area (Å²) < 4.78 is 18.8. The van der Waals surface area contributed by atoms with Gasteiger partial charge in [-0.05, 0) is 25.5 Å². The maximum Gasteiger partial charge on any atom is 0.165 e. The van der Waals surface area contributed by atoms with Gasteiger partial charge < -0.3 is 20.5 Å². The van der Waals surface area contributed by atoms with Crippen molar-refractivity contribution in [2.24, 2.45) is 0 Å². The third-order valence-corrected chi connectivity index (χ3v) is 2.90. The van der Waals surface area contributed by atoms with E-state index in [-0.39, 0.29) is 11.6 Å². The van der Waals surface area contributed by atoms with Crippen LogP contribution in [0.4, 0.5) is 21.7 Å². The van der Waals surface area contributed by atoms with Gasteiger partial charge in [-0.1, -0.05) is 0 Å².